The lowest BCUT2D eigenvalue weighted by Crippen LogP contribution is -2.49. The summed E-state index contributed by atoms with van der Waals surface area (Å²) in [5.74, 6) is 6.65. The summed E-state index contributed by atoms with van der Waals surface area (Å²) in [5, 5.41) is 9.79. The number of likely N-dealkylation sites (N-methyl/N-ethyl adjacent to an activating group) is 1. The molecule has 2 aliphatic rings. The summed E-state index contributed by atoms with van der Waals surface area (Å²) in [7, 11) is -1.92. The van der Waals surface area contributed by atoms with Gasteiger partial charge in [-0.25, -0.2) is 12.8 Å². The Hall–Kier alpha value is -2.44. The number of hydrogen-bond acceptors (Lipinski definition) is 5. The summed E-state index contributed by atoms with van der Waals surface area (Å²) >= 11 is 0. The van der Waals surface area contributed by atoms with E-state index in [1.807, 2.05) is 14.0 Å². The molecule has 0 aromatic heterocycles. The van der Waals surface area contributed by atoms with Gasteiger partial charge in [0.2, 0.25) is 10.0 Å². The fourth-order valence-corrected chi connectivity index (χ4v) is 6.03. The van der Waals surface area contributed by atoms with E-state index in [4.69, 9.17) is 4.74 Å². The molecule has 0 spiro atoms. The van der Waals surface area contributed by atoms with Crippen molar-refractivity contribution >= 4 is 10.0 Å². The first-order chi connectivity index (χ1) is 16.7. The van der Waals surface area contributed by atoms with E-state index < -0.39 is 16.1 Å². The number of ether oxygens (including phenoxy) is 1. The fourth-order valence-electron chi connectivity index (χ4n) is 4.21. The van der Waals surface area contributed by atoms with Gasteiger partial charge in [-0.1, -0.05) is 30.9 Å². The molecule has 35 heavy (non-hydrogen) atoms. The van der Waals surface area contributed by atoms with Crippen LogP contribution < -0.4 is 4.74 Å². The molecule has 0 radical (unpaired) electrons. The summed E-state index contributed by atoms with van der Waals surface area (Å²) in [6, 6.07) is 10.8. The van der Waals surface area contributed by atoms with Crippen molar-refractivity contribution in [2.75, 3.05) is 26.7 Å². The van der Waals surface area contributed by atoms with Gasteiger partial charge in [0.15, 0.2) is 0 Å². The van der Waals surface area contributed by atoms with E-state index in [0.29, 0.717) is 19.0 Å². The predicted octanol–water partition coefficient (Wildman–Crippen LogP) is 3.49. The first-order valence-electron chi connectivity index (χ1n) is 12.1. The van der Waals surface area contributed by atoms with Crippen molar-refractivity contribution < 1.29 is 22.7 Å². The highest BCUT2D eigenvalue weighted by Crippen LogP contribution is 2.34. The smallest absolute Gasteiger partial charge is 0.247 e. The van der Waals surface area contributed by atoms with Gasteiger partial charge in [0.25, 0.3) is 0 Å². The molecule has 1 saturated carbocycles. The molecule has 2 aromatic rings. The topological polar surface area (TPSA) is 70.1 Å². The van der Waals surface area contributed by atoms with Crippen LogP contribution in [0.4, 0.5) is 4.39 Å². The maximum absolute atomic E-state index is 13.6. The first kappa shape index (κ1) is 25.6. The maximum Gasteiger partial charge on any atom is 0.247 e. The number of sulfonamides is 1. The van der Waals surface area contributed by atoms with Crippen LogP contribution in [0.5, 0.6) is 5.75 Å². The summed E-state index contributed by atoms with van der Waals surface area (Å²) in [5.41, 5.74) is 1.70. The fraction of sp³-hybridized carbons (Fsp3) is 0.481. The highest BCUT2D eigenvalue weighted by molar-refractivity contribution is 7.89. The minimum Gasteiger partial charge on any atom is -0.487 e. The summed E-state index contributed by atoms with van der Waals surface area (Å²) in [6.45, 7) is 4.76. The Kier molecular flexibility index (Phi) is 7.82. The Labute approximate surface area is 207 Å². The van der Waals surface area contributed by atoms with Crippen molar-refractivity contribution in [2.24, 2.45) is 11.8 Å². The number of aliphatic hydroxyl groups excluding tert-OH is 1. The molecular formula is C27H33FN2O4S. The number of rotatable bonds is 6. The number of halogens is 1. The van der Waals surface area contributed by atoms with E-state index in [-0.39, 0.29) is 41.6 Å². The van der Waals surface area contributed by atoms with Crippen LogP contribution >= 0.6 is 0 Å². The SMILES string of the molecule is C[C@@H]1CN([C@@H](C)CO)S(=O)(=O)c2ccc(C#CC3CC3)cc2O[C@H]1CN(C)Cc1ccc(F)cc1. The molecule has 1 N–H and O–H groups in total. The largest absolute Gasteiger partial charge is 0.487 e. The lowest BCUT2D eigenvalue weighted by molar-refractivity contribution is 0.0733. The molecule has 3 atom stereocenters. The minimum absolute atomic E-state index is 0.0906. The molecule has 0 bridgehead atoms. The van der Waals surface area contributed by atoms with Gasteiger partial charge >= 0.3 is 0 Å². The van der Waals surface area contributed by atoms with Crippen molar-refractivity contribution in [3.05, 3.63) is 59.4 Å². The number of fused-ring (bicyclic) bond motifs is 1. The molecule has 2 aromatic carbocycles. The molecule has 0 saturated heterocycles. The lowest BCUT2D eigenvalue weighted by Gasteiger charge is -2.37. The molecule has 4 rings (SSSR count). The van der Waals surface area contributed by atoms with Gasteiger partial charge in [-0.3, -0.25) is 4.90 Å². The second kappa shape index (κ2) is 10.7. The first-order valence-corrected chi connectivity index (χ1v) is 13.5. The average Bonchev–Trinajstić information content (AvgIpc) is 3.65. The van der Waals surface area contributed by atoms with Gasteiger partial charge in [-0.15, -0.1) is 0 Å². The number of aliphatic hydroxyl groups is 1. The molecule has 8 heteroatoms. The van der Waals surface area contributed by atoms with Crippen LogP contribution in [0.15, 0.2) is 47.4 Å². The van der Waals surface area contributed by atoms with E-state index in [1.54, 1.807) is 37.3 Å². The Morgan fingerprint density at radius 2 is 1.94 bits per heavy atom. The van der Waals surface area contributed by atoms with E-state index >= 15 is 0 Å². The third-order valence-electron chi connectivity index (χ3n) is 6.52. The van der Waals surface area contributed by atoms with E-state index in [9.17, 15) is 17.9 Å². The highest BCUT2D eigenvalue weighted by atomic mass is 32.2. The zero-order chi connectivity index (χ0) is 25.2. The average molecular weight is 501 g/mol. The Morgan fingerprint density at radius 3 is 2.60 bits per heavy atom. The van der Waals surface area contributed by atoms with Crippen molar-refractivity contribution in [1.29, 1.82) is 0 Å². The van der Waals surface area contributed by atoms with Crippen molar-refractivity contribution in [2.45, 2.75) is 50.3 Å². The third kappa shape index (κ3) is 6.22. The number of benzene rings is 2. The summed E-state index contributed by atoms with van der Waals surface area (Å²) in [4.78, 5) is 2.17. The standard InChI is InChI=1S/C27H33FN2O4S/c1-19-15-30(20(2)18-31)35(32,33)27-13-10-22(7-6-21-4-5-21)14-25(27)34-26(19)17-29(3)16-23-8-11-24(28)12-9-23/h8-14,19-21,26,31H,4-5,15-18H2,1-3H3/t19-,20+,26+/m1/s1. The molecule has 0 unspecified atom stereocenters. The summed E-state index contributed by atoms with van der Waals surface area (Å²) < 4.78 is 48.2. The number of nitrogens with zero attached hydrogens (tertiary/aromatic N) is 2. The molecule has 1 aliphatic carbocycles. The van der Waals surface area contributed by atoms with Crippen LogP contribution in [0.1, 0.15) is 37.8 Å². The Morgan fingerprint density at radius 1 is 1.23 bits per heavy atom. The summed E-state index contributed by atoms with van der Waals surface area (Å²) in [6.07, 6.45) is 1.91. The van der Waals surface area contributed by atoms with Gasteiger partial charge < -0.3 is 9.84 Å². The predicted molar refractivity (Wildman–Crippen MR) is 133 cm³/mol. The zero-order valence-corrected chi connectivity index (χ0v) is 21.3. The number of hydrogen-bond donors (Lipinski definition) is 1. The lowest BCUT2D eigenvalue weighted by atomic mass is 10.0. The van der Waals surface area contributed by atoms with Gasteiger partial charge in [0.05, 0.1) is 6.61 Å². The van der Waals surface area contributed by atoms with Crippen LogP contribution in [-0.4, -0.2) is 61.6 Å². The van der Waals surface area contributed by atoms with Gasteiger partial charge in [0, 0.05) is 43.1 Å². The van der Waals surface area contributed by atoms with E-state index in [0.717, 1.165) is 24.0 Å². The van der Waals surface area contributed by atoms with E-state index in [1.165, 1.54) is 16.4 Å². The molecule has 0 amide bonds. The van der Waals surface area contributed by atoms with Crippen LogP contribution in [0.2, 0.25) is 0 Å². The van der Waals surface area contributed by atoms with Crippen LogP contribution in [0, 0.1) is 29.5 Å². The Bertz CT molecular complexity index is 1200. The molecule has 6 nitrogen and oxygen atoms in total. The third-order valence-corrected chi connectivity index (χ3v) is 8.54. The van der Waals surface area contributed by atoms with Gasteiger partial charge in [-0.05, 0) is 62.7 Å². The minimum atomic E-state index is -3.88. The molecule has 1 aliphatic heterocycles. The zero-order valence-electron chi connectivity index (χ0n) is 20.4. The maximum atomic E-state index is 13.6. The van der Waals surface area contributed by atoms with Gasteiger partial charge in [0.1, 0.15) is 22.6 Å². The quantitative estimate of drug-likeness (QED) is 0.615. The normalized spacial score (nSPS) is 22.8. The van der Waals surface area contributed by atoms with Crippen LogP contribution in [0.3, 0.4) is 0 Å². The van der Waals surface area contributed by atoms with Crippen molar-refractivity contribution in [1.82, 2.24) is 9.21 Å². The van der Waals surface area contributed by atoms with Crippen molar-refractivity contribution in [3.8, 4) is 17.6 Å². The van der Waals surface area contributed by atoms with E-state index in [2.05, 4.69) is 16.7 Å². The molecular weight excluding hydrogens is 467 g/mol. The molecule has 1 fully saturated rings. The highest BCUT2D eigenvalue weighted by Gasteiger charge is 2.38. The monoisotopic (exact) mass is 500 g/mol. The van der Waals surface area contributed by atoms with Crippen LogP contribution in [0.25, 0.3) is 0 Å². The molecule has 188 valence electrons. The molecule has 1 heterocycles. The van der Waals surface area contributed by atoms with Crippen molar-refractivity contribution in [3.63, 3.8) is 0 Å². The second-order valence-corrected chi connectivity index (χ2v) is 11.6. The van der Waals surface area contributed by atoms with Crippen LogP contribution in [-0.2, 0) is 16.6 Å². The Balaban J connectivity index is 1.65. The second-order valence-electron chi connectivity index (χ2n) is 9.77. The van der Waals surface area contributed by atoms with Gasteiger partial charge in [-0.2, -0.15) is 4.31 Å².